The van der Waals surface area contributed by atoms with Crippen LogP contribution in [0, 0.1) is 5.92 Å². The van der Waals surface area contributed by atoms with Gasteiger partial charge < -0.3 is 5.32 Å². The molecule has 1 heterocycles. The summed E-state index contributed by atoms with van der Waals surface area (Å²) >= 11 is 9.29. The number of nitrogens with zero attached hydrogens (tertiary/aromatic N) is 1. The van der Waals surface area contributed by atoms with Crippen LogP contribution in [-0.2, 0) is 0 Å². The van der Waals surface area contributed by atoms with Gasteiger partial charge in [-0.05, 0) is 53.6 Å². The van der Waals surface area contributed by atoms with Crippen LogP contribution in [0.2, 0.25) is 5.15 Å². The second-order valence-electron chi connectivity index (χ2n) is 5.47. The highest BCUT2D eigenvalue weighted by Gasteiger charge is 2.23. The molecule has 2 rings (SSSR count). The number of pyridine rings is 1. The van der Waals surface area contributed by atoms with Crippen LogP contribution in [0.3, 0.4) is 0 Å². The first-order valence-corrected chi connectivity index (χ1v) is 8.39. The zero-order valence-electron chi connectivity index (χ0n) is 11.7. The molecule has 1 fully saturated rings. The summed E-state index contributed by atoms with van der Waals surface area (Å²) in [5.74, 6) is 0.715. The molecular weight excluding hydrogens is 340 g/mol. The van der Waals surface area contributed by atoms with Crippen molar-refractivity contribution in [3.63, 3.8) is 0 Å². The predicted octanol–water partition coefficient (Wildman–Crippen LogP) is 4.59. The molecule has 0 aromatic carbocycles. The third kappa shape index (κ3) is 4.19. The molecule has 3 nitrogen and oxygen atoms in total. The summed E-state index contributed by atoms with van der Waals surface area (Å²) in [5.41, 5.74) is 0.441. The Balaban J connectivity index is 1.91. The molecule has 1 saturated carbocycles. The monoisotopic (exact) mass is 358 g/mol. The topological polar surface area (TPSA) is 42.0 Å². The van der Waals surface area contributed by atoms with Gasteiger partial charge in [0.15, 0.2) is 0 Å². The Bertz CT molecular complexity index is 473. The number of carbonyl (C=O) groups is 1. The van der Waals surface area contributed by atoms with Crippen LogP contribution in [0.5, 0.6) is 0 Å². The molecule has 5 heteroatoms. The Morgan fingerprint density at radius 3 is 2.80 bits per heavy atom. The van der Waals surface area contributed by atoms with Crippen LogP contribution in [0.1, 0.15) is 55.8 Å². The fraction of sp³-hybridized carbons (Fsp3) is 0.600. The predicted molar refractivity (Wildman–Crippen MR) is 85.1 cm³/mol. The van der Waals surface area contributed by atoms with Gasteiger partial charge in [-0.2, -0.15) is 0 Å². The summed E-state index contributed by atoms with van der Waals surface area (Å²) in [4.78, 5) is 16.2. The van der Waals surface area contributed by atoms with E-state index >= 15 is 0 Å². The minimum atomic E-state index is -0.122. The fourth-order valence-corrected chi connectivity index (χ4v) is 3.37. The third-order valence-electron chi connectivity index (χ3n) is 3.93. The minimum Gasteiger partial charge on any atom is -0.349 e. The van der Waals surface area contributed by atoms with Crippen molar-refractivity contribution in [2.75, 3.05) is 0 Å². The number of aromatic nitrogens is 1. The van der Waals surface area contributed by atoms with Gasteiger partial charge in [0.1, 0.15) is 5.15 Å². The maximum Gasteiger partial charge on any atom is 0.254 e. The number of rotatable bonds is 4. The smallest absolute Gasteiger partial charge is 0.254 e. The highest BCUT2D eigenvalue weighted by atomic mass is 79.9. The van der Waals surface area contributed by atoms with E-state index in [1.54, 1.807) is 12.3 Å². The van der Waals surface area contributed by atoms with E-state index in [0.717, 1.165) is 23.2 Å². The summed E-state index contributed by atoms with van der Waals surface area (Å²) in [7, 11) is 0. The van der Waals surface area contributed by atoms with Gasteiger partial charge >= 0.3 is 0 Å². The van der Waals surface area contributed by atoms with Gasteiger partial charge in [0.25, 0.3) is 5.91 Å². The molecule has 1 N–H and O–H groups in total. The van der Waals surface area contributed by atoms with Gasteiger partial charge in [-0.25, -0.2) is 4.98 Å². The lowest BCUT2D eigenvalue weighted by Crippen LogP contribution is -2.37. The summed E-state index contributed by atoms with van der Waals surface area (Å²) in [6.07, 6.45) is 8.70. The molecule has 110 valence electrons. The number of amides is 1. The maximum atomic E-state index is 12.2. The van der Waals surface area contributed by atoms with Gasteiger partial charge in [0.05, 0.1) is 5.56 Å². The van der Waals surface area contributed by atoms with Crippen LogP contribution in [0.15, 0.2) is 16.7 Å². The highest BCUT2D eigenvalue weighted by Crippen LogP contribution is 2.28. The van der Waals surface area contributed by atoms with Crippen molar-refractivity contribution in [3.05, 3.63) is 27.5 Å². The van der Waals surface area contributed by atoms with Crippen molar-refractivity contribution in [2.45, 2.75) is 51.5 Å². The molecular formula is C15H20BrClN2O. The molecule has 0 aliphatic heterocycles. The Morgan fingerprint density at radius 1 is 1.45 bits per heavy atom. The van der Waals surface area contributed by atoms with Crippen molar-refractivity contribution in [2.24, 2.45) is 5.92 Å². The Hall–Kier alpha value is -0.610. The lowest BCUT2D eigenvalue weighted by atomic mass is 9.83. The molecule has 0 atom stereocenters. The van der Waals surface area contributed by atoms with Gasteiger partial charge in [0, 0.05) is 16.7 Å². The minimum absolute atomic E-state index is 0.122. The van der Waals surface area contributed by atoms with Crippen molar-refractivity contribution in [1.82, 2.24) is 10.3 Å². The molecule has 1 aliphatic carbocycles. The maximum absolute atomic E-state index is 12.2. The Kier molecular flexibility index (Phi) is 5.85. The summed E-state index contributed by atoms with van der Waals surface area (Å²) < 4.78 is 0.763. The van der Waals surface area contributed by atoms with E-state index in [9.17, 15) is 4.79 Å². The van der Waals surface area contributed by atoms with E-state index in [1.165, 1.54) is 25.7 Å². The second kappa shape index (κ2) is 7.41. The average Bonchev–Trinajstić information content (AvgIpc) is 2.44. The summed E-state index contributed by atoms with van der Waals surface area (Å²) in [6, 6.07) is 1.98. The molecule has 0 radical (unpaired) electrons. The Labute approximate surface area is 133 Å². The van der Waals surface area contributed by atoms with Crippen molar-refractivity contribution in [1.29, 1.82) is 0 Å². The van der Waals surface area contributed by atoms with Crippen LogP contribution < -0.4 is 5.32 Å². The molecule has 0 bridgehead atoms. The van der Waals surface area contributed by atoms with E-state index in [2.05, 4.69) is 33.2 Å². The summed E-state index contributed by atoms with van der Waals surface area (Å²) in [6.45, 7) is 2.23. The van der Waals surface area contributed by atoms with Gasteiger partial charge in [-0.3, -0.25) is 4.79 Å². The van der Waals surface area contributed by atoms with E-state index in [4.69, 9.17) is 11.6 Å². The summed E-state index contributed by atoms with van der Waals surface area (Å²) in [5, 5.41) is 3.34. The fourth-order valence-electron chi connectivity index (χ4n) is 2.85. The lowest BCUT2D eigenvalue weighted by Gasteiger charge is -2.29. The number of hydrogen-bond acceptors (Lipinski definition) is 2. The van der Waals surface area contributed by atoms with Crippen molar-refractivity contribution < 1.29 is 4.79 Å². The van der Waals surface area contributed by atoms with Crippen LogP contribution >= 0.6 is 27.5 Å². The SMILES string of the molecule is CCCC1CCC(NC(=O)c2cc(Br)cnc2Cl)CC1. The normalized spacial score (nSPS) is 22.6. The lowest BCUT2D eigenvalue weighted by molar-refractivity contribution is 0.0921. The van der Waals surface area contributed by atoms with Crippen LogP contribution in [-0.4, -0.2) is 16.9 Å². The molecule has 0 saturated heterocycles. The first-order valence-electron chi connectivity index (χ1n) is 7.22. The van der Waals surface area contributed by atoms with E-state index in [-0.39, 0.29) is 17.1 Å². The molecule has 1 aliphatic rings. The van der Waals surface area contributed by atoms with Crippen molar-refractivity contribution in [3.8, 4) is 0 Å². The van der Waals surface area contributed by atoms with Crippen LogP contribution in [0.4, 0.5) is 0 Å². The number of carbonyl (C=O) groups excluding carboxylic acids is 1. The Morgan fingerprint density at radius 2 is 2.15 bits per heavy atom. The molecule has 0 unspecified atom stereocenters. The molecule has 0 spiro atoms. The standard InChI is InChI=1S/C15H20BrClN2O/c1-2-3-10-4-6-12(7-5-10)19-15(20)13-8-11(16)9-18-14(13)17/h8-10,12H,2-7H2,1H3,(H,19,20). The zero-order valence-corrected chi connectivity index (χ0v) is 14.0. The molecule has 1 aromatic rings. The zero-order chi connectivity index (χ0) is 14.5. The van der Waals surface area contributed by atoms with Gasteiger partial charge in [0.2, 0.25) is 0 Å². The van der Waals surface area contributed by atoms with E-state index < -0.39 is 0 Å². The van der Waals surface area contributed by atoms with Gasteiger partial charge in [-0.1, -0.05) is 31.4 Å². The number of nitrogens with one attached hydrogen (secondary N) is 1. The van der Waals surface area contributed by atoms with E-state index in [0.29, 0.717) is 5.56 Å². The number of halogens is 2. The highest BCUT2D eigenvalue weighted by molar-refractivity contribution is 9.10. The molecule has 1 amide bonds. The largest absolute Gasteiger partial charge is 0.349 e. The third-order valence-corrected chi connectivity index (χ3v) is 4.66. The first-order chi connectivity index (χ1) is 9.60. The van der Waals surface area contributed by atoms with E-state index in [1.807, 2.05) is 0 Å². The number of hydrogen-bond donors (Lipinski definition) is 1. The second-order valence-corrected chi connectivity index (χ2v) is 6.75. The van der Waals surface area contributed by atoms with Crippen LogP contribution in [0.25, 0.3) is 0 Å². The average molecular weight is 360 g/mol. The molecule has 20 heavy (non-hydrogen) atoms. The first kappa shape index (κ1) is 15.8. The van der Waals surface area contributed by atoms with Gasteiger partial charge in [-0.15, -0.1) is 0 Å². The quantitative estimate of drug-likeness (QED) is 0.799. The molecule has 1 aromatic heterocycles. The van der Waals surface area contributed by atoms with Crippen molar-refractivity contribution >= 4 is 33.4 Å².